The van der Waals surface area contributed by atoms with Crippen molar-refractivity contribution in [3.63, 3.8) is 0 Å². The van der Waals surface area contributed by atoms with Crippen LogP contribution in [-0.4, -0.2) is 48.6 Å². The van der Waals surface area contributed by atoms with Gasteiger partial charge in [-0.1, -0.05) is 38.4 Å². The third-order valence-corrected chi connectivity index (χ3v) is 6.51. The molecule has 1 aromatic carbocycles. The number of rotatable bonds is 9. The van der Waals surface area contributed by atoms with Crippen LogP contribution in [0.25, 0.3) is 10.9 Å². The van der Waals surface area contributed by atoms with Crippen molar-refractivity contribution in [2.24, 2.45) is 5.41 Å². The molecule has 1 atom stereocenters. The monoisotopic (exact) mass is 602 g/mol. The minimum atomic E-state index is -3.77. The number of hydrogen-bond donors (Lipinski definition) is 5. The average molecular weight is 603 g/mol. The van der Waals surface area contributed by atoms with Gasteiger partial charge in [0.15, 0.2) is 0 Å². The van der Waals surface area contributed by atoms with Crippen molar-refractivity contribution in [2.75, 3.05) is 30.0 Å². The number of hydrogen-bond acceptors (Lipinski definition) is 11. The van der Waals surface area contributed by atoms with Gasteiger partial charge in [-0.25, -0.2) is 13.4 Å². The number of nitrogens with zero attached hydrogens (tertiary/aromatic N) is 4. The predicted octanol–water partition coefficient (Wildman–Crippen LogP) is 3.15. The van der Waals surface area contributed by atoms with Crippen LogP contribution in [0.3, 0.4) is 0 Å². The van der Waals surface area contributed by atoms with Gasteiger partial charge in [0.05, 0.1) is 41.1 Å². The van der Waals surface area contributed by atoms with Crippen LogP contribution in [0, 0.1) is 22.7 Å². The zero-order valence-electron chi connectivity index (χ0n) is 23.6. The summed E-state index contributed by atoms with van der Waals surface area (Å²) in [6.45, 7) is 6.28. The van der Waals surface area contributed by atoms with Gasteiger partial charge in [0.2, 0.25) is 16.0 Å². The standard InChI is InChI=1S/C26H29ClFN9O3S/c1-26(2,3)14-32-23-16(9-29)11-31-25-18(23)7-17(8-19(25)27)33-24(15-5-6-21(28)30-10-15)20-12-37(36-34-20)13-22(38)35-41(4,39)40/h5-8,10-12,24,33-34,36H,13-14H2,1-4H3,(H,31,32)(H,35,38)/i24D. The molecule has 1 unspecified atom stereocenters. The van der Waals surface area contributed by atoms with Gasteiger partial charge in [-0.3, -0.25) is 19.5 Å². The van der Waals surface area contributed by atoms with Crippen LogP contribution in [0.5, 0.6) is 0 Å². The maximum atomic E-state index is 13.7. The van der Waals surface area contributed by atoms with Crippen molar-refractivity contribution in [3.05, 3.63) is 70.7 Å². The van der Waals surface area contributed by atoms with Crippen molar-refractivity contribution in [2.45, 2.75) is 26.8 Å². The molecule has 2 aromatic heterocycles. The Morgan fingerprint density at radius 3 is 2.68 bits per heavy atom. The van der Waals surface area contributed by atoms with Gasteiger partial charge in [-0.05, 0) is 29.2 Å². The lowest BCUT2D eigenvalue weighted by Crippen LogP contribution is -2.44. The minimum Gasteiger partial charge on any atom is -0.383 e. The zero-order chi connectivity index (χ0) is 30.9. The van der Waals surface area contributed by atoms with Crippen molar-refractivity contribution in [1.82, 2.24) is 30.7 Å². The number of carbonyl (C=O) groups excluding carboxylic acids is 1. The molecule has 41 heavy (non-hydrogen) atoms. The van der Waals surface area contributed by atoms with Crippen LogP contribution in [-0.2, 0) is 14.8 Å². The molecular weight excluding hydrogens is 573 g/mol. The maximum absolute atomic E-state index is 13.7. The molecule has 15 heteroatoms. The second-order valence-electron chi connectivity index (χ2n) is 10.5. The summed E-state index contributed by atoms with van der Waals surface area (Å²) in [5.41, 5.74) is 7.42. The number of nitrogens with one attached hydrogen (secondary N) is 5. The Labute approximate surface area is 243 Å². The average Bonchev–Trinajstić information content (AvgIpc) is 3.34. The molecule has 0 saturated carbocycles. The number of sulfonamides is 1. The second-order valence-corrected chi connectivity index (χ2v) is 12.7. The van der Waals surface area contributed by atoms with E-state index in [1.54, 1.807) is 12.1 Å². The Morgan fingerprint density at radius 2 is 2.05 bits per heavy atom. The highest BCUT2D eigenvalue weighted by atomic mass is 35.5. The van der Waals surface area contributed by atoms with E-state index in [1.165, 1.54) is 29.7 Å². The summed E-state index contributed by atoms with van der Waals surface area (Å²) in [6.07, 6.45) is 4.87. The van der Waals surface area contributed by atoms with E-state index in [0.717, 1.165) is 12.3 Å². The van der Waals surface area contributed by atoms with Gasteiger partial charge < -0.3 is 16.1 Å². The van der Waals surface area contributed by atoms with E-state index in [-0.39, 0.29) is 21.7 Å². The number of fused-ring (bicyclic) bond motifs is 1. The summed E-state index contributed by atoms with van der Waals surface area (Å²) in [7, 11) is -3.77. The molecule has 0 saturated heterocycles. The summed E-state index contributed by atoms with van der Waals surface area (Å²) in [5, 5.41) is 18.2. The van der Waals surface area contributed by atoms with Crippen LogP contribution in [0.1, 0.15) is 39.3 Å². The smallest absolute Gasteiger partial charge is 0.254 e. The van der Waals surface area contributed by atoms with Gasteiger partial charge >= 0.3 is 0 Å². The number of pyridine rings is 2. The predicted molar refractivity (Wildman–Crippen MR) is 154 cm³/mol. The fraction of sp³-hybridized carbons (Fsp3) is 0.308. The van der Waals surface area contributed by atoms with E-state index in [0.29, 0.717) is 34.4 Å². The molecule has 0 bridgehead atoms. The molecule has 1 amide bonds. The Balaban J connectivity index is 1.77. The fourth-order valence-corrected chi connectivity index (χ4v) is 4.63. The van der Waals surface area contributed by atoms with Crippen LogP contribution in [0.15, 0.2) is 48.6 Å². The molecule has 0 spiro atoms. The summed E-state index contributed by atoms with van der Waals surface area (Å²) in [4.78, 5) is 20.2. The highest BCUT2D eigenvalue weighted by Crippen LogP contribution is 2.36. The molecule has 216 valence electrons. The largest absolute Gasteiger partial charge is 0.383 e. The molecule has 3 aromatic rings. The summed E-state index contributed by atoms with van der Waals surface area (Å²) < 4.78 is 47.9. The number of amides is 1. The van der Waals surface area contributed by atoms with E-state index in [9.17, 15) is 24.2 Å². The lowest BCUT2D eigenvalue weighted by atomic mass is 9.96. The maximum Gasteiger partial charge on any atom is 0.254 e. The van der Waals surface area contributed by atoms with E-state index in [2.05, 4.69) is 37.6 Å². The molecule has 0 fully saturated rings. The Morgan fingerprint density at radius 1 is 1.29 bits per heavy atom. The second kappa shape index (κ2) is 11.7. The Kier molecular flexibility index (Phi) is 8.11. The third kappa shape index (κ3) is 7.72. The van der Waals surface area contributed by atoms with Crippen LogP contribution < -0.4 is 26.3 Å². The molecule has 1 aliphatic rings. The number of aromatic nitrogens is 2. The summed E-state index contributed by atoms with van der Waals surface area (Å²) >= 11 is 6.63. The van der Waals surface area contributed by atoms with E-state index < -0.39 is 34.4 Å². The number of halogens is 2. The quantitative estimate of drug-likeness (QED) is 0.229. The molecule has 0 radical (unpaired) electrons. The fourth-order valence-electron chi connectivity index (χ4n) is 3.88. The molecule has 0 aliphatic carbocycles. The van der Waals surface area contributed by atoms with Gasteiger partial charge in [-0.2, -0.15) is 9.65 Å². The van der Waals surface area contributed by atoms with Gasteiger partial charge in [0.1, 0.15) is 12.6 Å². The third-order valence-electron chi connectivity index (χ3n) is 5.63. The highest BCUT2D eigenvalue weighted by molar-refractivity contribution is 7.89. The molecule has 4 rings (SSSR count). The molecule has 3 heterocycles. The van der Waals surface area contributed by atoms with Crippen molar-refractivity contribution >= 4 is 49.8 Å². The van der Waals surface area contributed by atoms with E-state index in [4.69, 9.17) is 11.6 Å². The SMILES string of the molecule is [2H]C(Nc1cc(Cl)c2ncc(C#N)c(NCC(C)(C)C)c2c1)(C1=CN(CC(=O)NS(C)(=O)=O)NN1)c1ccc(F)nc1. The number of nitriles is 1. The van der Waals surface area contributed by atoms with Crippen LogP contribution in [0.2, 0.25) is 5.02 Å². The number of anilines is 2. The Hall–Kier alpha value is -4.19. The number of hydrazine groups is 2. The molecule has 12 nitrogen and oxygen atoms in total. The normalized spacial score (nSPS) is 15.3. The first kappa shape index (κ1) is 28.3. The van der Waals surface area contributed by atoms with Gasteiger partial charge in [-0.15, -0.1) is 5.53 Å². The topological polar surface area (TPSA) is 164 Å². The lowest BCUT2D eigenvalue weighted by molar-refractivity contribution is -0.120. The molecule has 1 aliphatic heterocycles. The summed E-state index contributed by atoms with van der Waals surface area (Å²) in [5.74, 6) is -1.56. The highest BCUT2D eigenvalue weighted by Gasteiger charge is 2.25. The van der Waals surface area contributed by atoms with Gasteiger partial charge in [0, 0.05) is 36.2 Å². The van der Waals surface area contributed by atoms with Crippen molar-refractivity contribution < 1.29 is 19.0 Å². The first-order valence-electron chi connectivity index (χ1n) is 12.8. The van der Waals surface area contributed by atoms with Gasteiger partial charge in [0.25, 0.3) is 5.91 Å². The number of carbonyl (C=O) groups is 1. The molecule has 5 N–H and O–H groups in total. The minimum absolute atomic E-state index is 0.106. The number of benzene rings is 1. The van der Waals surface area contributed by atoms with E-state index in [1.807, 2.05) is 25.5 Å². The van der Waals surface area contributed by atoms with E-state index >= 15 is 0 Å². The molecular formula is C26H29ClFN9O3S. The Bertz CT molecular complexity index is 1710. The summed E-state index contributed by atoms with van der Waals surface area (Å²) in [6, 6.07) is 6.03. The first-order chi connectivity index (χ1) is 19.6. The zero-order valence-corrected chi connectivity index (χ0v) is 24.2. The first-order valence-corrected chi connectivity index (χ1v) is 14.5. The van der Waals surface area contributed by atoms with Crippen LogP contribution >= 0.6 is 11.6 Å². The van der Waals surface area contributed by atoms with Crippen molar-refractivity contribution in [3.8, 4) is 6.07 Å². The van der Waals surface area contributed by atoms with Crippen LogP contribution in [0.4, 0.5) is 15.8 Å². The lowest BCUT2D eigenvalue weighted by Gasteiger charge is -2.23. The van der Waals surface area contributed by atoms with Crippen molar-refractivity contribution in [1.29, 1.82) is 5.26 Å².